The van der Waals surface area contributed by atoms with Crippen molar-refractivity contribution < 1.29 is 4.79 Å². The lowest BCUT2D eigenvalue weighted by molar-refractivity contribution is -0.137. The highest BCUT2D eigenvalue weighted by Gasteiger charge is 2.32. The lowest BCUT2D eigenvalue weighted by Gasteiger charge is -2.40. The van der Waals surface area contributed by atoms with Crippen LogP contribution in [0.3, 0.4) is 0 Å². The molecule has 1 fully saturated rings. The molecule has 0 aromatic heterocycles. The SMILES string of the molecule is CC(C)(C)CC(=O)N1CC(c2ccccc2)C1. The Morgan fingerprint density at radius 2 is 1.82 bits per heavy atom. The number of carbonyl (C=O) groups excluding carboxylic acids is 1. The molecule has 1 aromatic rings. The highest BCUT2D eigenvalue weighted by Crippen LogP contribution is 2.29. The van der Waals surface area contributed by atoms with E-state index in [0.717, 1.165) is 13.1 Å². The minimum absolute atomic E-state index is 0.0922. The third kappa shape index (κ3) is 3.09. The molecule has 0 N–H and O–H groups in total. The number of benzene rings is 1. The van der Waals surface area contributed by atoms with Gasteiger partial charge in [-0.1, -0.05) is 51.1 Å². The third-order valence-electron chi connectivity index (χ3n) is 3.19. The van der Waals surface area contributed by atoms with Crippen LogP contribution in [0.4, 0.5) is 0 Å². The van der Waals surface area contributed by atoms with Gasteiger partial charge >= 0.3 is 0 Å². The summed E-state index contributed by atoms with van der Waals surface area (Å²) >= 11 is 0. The van der Waals surface area contributed by atoms with Gasteiger partial charge in [-0.05, 0) is 11.0 Å². The molecule has 92 valence electrons. The third-order valence-corrected chi connectivity index (χ3v) is 3.19. The Bertz CT molecular complexity index is 385. The van der Waals surface area contributed by atoms with E-state index >= 15 is 0 Å². The molecule has 2 rings (SSSR count). The number of likely N-dealkylation sites (tertiary alicyclic amines) is 1. The lowest BCUT2D eigenvalue weighted by Crippen LogP contribution is -2.49. The minimum Gasteiger partial charge on any atom is -0.341 e. The molecule has 1 aromatic carbocycles. The fourth-order valence-corrected chi connectivity index (χ4v) is 2.18. The molecule has 0 bridgehead atoms. The summed E-state index contributed by atoms with van der Waals surface area (Å²) in [5.74, 6) is 0.838. The van der Waals surface area contributed by atoms with Gasteiger partial charge in [-0.3, -0.25) is 4.79 Å². The predicted molar refractivity (Wildman–Crippen MR) is 69.8 cm³/mol. The van der Waals surface area contributed by atoms with Gasteiger partial charge in [0.1, 0.15) is 0 Å². The molecule has 1 aliphatic heterocycles. The maximum atomic E-state index is 11.9. The normalized spacial score (nSPS) is 16.8. The van der Waals surface area contributed by atoms with Crippen molar-refractivity contribution in [1.29, 1.82) is 0 Å². The predicted octanol–water partition coefficient (Wildman–Crippen LogP) is 3.05. The summed E-state index contributed by atoms with van der Waals surface area (Å²) in [6.45, 7) is 8.11. The van der Waals surface area contributed by atoms with E-state index in [9.17, 15) is 4.79 Å². The van der Waals surface area contributed by atoms with E-state index in [2.05, 4.69) is 45.0 Å². The highest BCUT2D eigenvalue weighted by atomic mass is 16.2. The molecule has 0 spiro atoms. The number of nitrogens with zero attached hydrogens (tertiary/aromatic N) is 1. The number of hydrogen-bond donors (Lipinski definition) is 0. The second kappa shape index (κ2) is 4.52. The number of rotatable bonds is 2. The summed E-state index contributed by atoms with van der Waals surface area (Å²) in [6.07, 6.45) is 0.647. The van der Waals surface area contributed by atoms with E-state index in [0.29, 0.717) is 18.2 Å². The number of carbonyl (C=O) groups is 1. The average Bonchev–Trinajstić information content (AvgIpc) is 2.14. The van der Waals surface area contributed by atoms with Crippen molar-refractivity contribution in [1.82, 2.24) is 4.90 Å². The van der Waals surface area contributed by atoms with Crippen LogP contribution in [0.15, 0.2) is 30.3 Å². The van der Waals surface area contributed by atoms with Crippen LogP contribution in [0.1, 0.15) is 38.7 Å². The van der Waals surface area contributed by atoms with Gasteiger partial charge in [0.2, 0.25) is 5.91 Å². The monoisotopic (exact) mass is 231 g/mol. The van der Waals surface area contributed by atoms with Gasteiger partial charge < -0.3 is 4.90 Å². The zero-order valence-electron chi connectivity index (χ0n) is 10.9. The average molecular weight is 231 g/mol. The molecule has 1 saturated heterocycles. The molecular formula is C15H21NO. The molecule has 0 radical (unpaired) electrons. The van der Waals surface area contributed by atoms with Crippen LogP contribution < -0.4 is 0 Å². The van der Waals surface area contributed by atoms with Crippen LogP contribution in [-0.2, 0) is 4.79 Å². The zero-order valence-corrected chi connectivity index (χ0v) is 10.9. The van der Waals surface area contributed by atoms with Gasteiger partial charge in [0.25, 0.3) is 0 Å². The second-order valence-electron chi connectivity index (χ2n) is 6.14. The molecular weight excluding hydrogens is 210 g/mol. The Morgan fingerprint density at radius 3 is 2.35 bits per heavy atom. The van der Waals surface area contributed by atoms with Crippen LogP contribution in [0.5, 0.6) is 0 Å². The van der Waals surface area contributed by atoms with E-state index < -0.39 is 0 Å². The Labute approximate surface area is 104 Å². The highest BCUT2D eigenvalue weighted by molar-refractivity contribution is 5.78. The van der Waals surface area contributed by atoms with Crippen molar-refractivity contribution >= 4 is 5.91 Å². The maximum Gasteiger partial charge on any atom is 0.223 e. The molecule has 2 nitrogen and oxygen atoms in total. The summed E-state index contributed by atoms with van der Waals surface area (Å²) in [7, 11) is 0. The van der Waals surface area contributed by atoms with Crippen LogP contribution in [0.2, 0.25) is 0 Å². The maximum absolute atomic E-state index is 11.9. The van der Waals surface area contributed by atoms with E-state index in [1.807, 2.05) is 11.0 Å². The van der Waals surface area contributed by atoms with Crippen LogP contribution in [-0.4, -0.2) is 23.9 Å². The summed E-state index contributed by atoms with van der Waals surface area (Å²) in [5.41, 5.74) is 1.45. The van der Waals surface area contributed by atoms with Gasteiger partial charge in [0, 0.05) is 25.4 Å². The Kier molecular flexibility index (Phi) is 3.23. The van der Waals surface area contributed by atoms with Gasteiger partial charge in [-0.2, -0.15) is 0 Å². The molecule has 0 aliphatic carbocycles. The van der Waals surface area contributed by atoms with Crippen molar-refractivity contribution in [3.63, 3.8) is 0 Å². The summed E-state index contributed by atoms with van der Waals surface area (Å²) in [4.78, 5) is 13.9. The summed E-state index contributed by atoms with van der Waals surface area (Å²) in [5, 5.41) is 0. The molecule has 1 aliphatic rings. The van der Waals surface area contributed by atoms with Crippen molar-refractivity contribution in [2.24, 2.45) is 5.41 Å². The Morgan fingerprint density at radius 1 is 1.24 bits per heavy atom. The molecule has 0 unspecified atom stereocenters. The van der Waals surface area contributed by atoms with Crippen LogP contribution in [0.25, 0.3) is 0 Å². The van der Waals surface area contributed by atoms with Crippen molar-refractivity contribution in [2.45, 2.75) is 33.1 Å². The van der Waals surface area contributed by atoms with Gasteiger partial charge in [0.15, 0.2) is 0 Å². The summed E-state index contributed by atoms with van der Waals surface area (Å²) in [6, 6.07) is 10.5. The van der Waals surface area contributed by atoms with E-state index in [4.69, 9.17) is 0 Å². The topological polar surface area (TPSA) is 20.3 Å². The van der Waals surface area contributed by atoms with Gasteiger partial charge in [0.05, 0.1) is 0 Å². The molecule has 0 saturated carbocycles. The number of hydrogen-bond acceptors (Lipinski definition) is 1. The van der Waals surface area contributed by atoms with Crippen molar-refractivity contribution in [2.75, 3.05) is 13.1 Å². The second-order valence-corrected chi connectivity index (χ2v) is 6.14. The van der Waals surface area contributed by atoms with Gasteiger partial charge in [-0.15, -0.1) is 0 Å². The molecule has 1 amide bonds. The van der Waals surface area contributed by atoms with Crippen LogP contribution in [0, 0.1) is 5.41 Å². The van der Waals surface area contributed by atoms with Gasteiger partial charge in [-0.25, -0.2) is 0 Å². The quantitative estimate of drug-likeness (QED) is 0.766. The first-order valence-electron chi connectivity index (χ1n) is 6.28. The Balaban J connectivity index is 1.85. The zero-order chi connectivity index (χ0) is 12.5. The lowest BCUT2D eigenvalue weighted by atomic mass is 9.87. The first kappa shape index (κ1) is 12.2. The first-order chi connectivity index (χ1) is 7.96. The van der Waals surface area contributed by atoms with Crippen molar-refractivity contribution in [3.8, 4) is 0 Å². The fourth-order valence-electron chi connectivity index (χ4n) is 2.18. The van der Waals surface area contributed by atoms with Crippen LogP contribution >= 0.6 is 0 Å². The molecule has 2 heteroatoms. The molecule has 0 atom stereocenters. The first-order valence-corrected chi connectivity index (χ1v) is 6.28. The largest absolute Gasteiger partial charge is 0.341 e. The standard InChI is InChI=1S/C15H21NO/c1-15(2,3)9-14(17)16-10-13(11-16)12-7-5-4-6-8-12/h4-8,13H,9-11H2,1-3H3. The Hall–Kier alpha value is -1.31. The smallest absolute Gasteiger partial charge is 0.223 e. The van der Waals surface area contributed by atoms with E-state index in [1.165, 1.54) is 5.56 Å². The summed E-state index contributed by atoms with van der Waals surface area (Å²) < 4.78 is 0. The molecule has 17 heavy (non-hydrogen) atoms. The van der Waals surface area contributed by atoms with E-state index in [-0.39, 0.29) is 5.41 Å². The molecule has 1 heterocycles. The fraction of sp³-hybridized carbons (Fsp3) is 0.533. The minimum atomic E-state index is 0.0922. The number of amides is 1. The van der Waals surface area contributed by atoms with E-state index in [1.54, 1.807) is 0 Å². The van der Waals surface area contributed by atoms with Crippen molar-refractivity contribution in [3.05, 3.63) is 35.9 Å².